The molecule has 1 unspecified atom stereocenters. The van der Waals surface area contributed by atoms with E-state index in [1.165, 1.54) is 0 Å². The van der Waals surface area contributed by atoms with Crippen LogP contribution >= 0.6 is 24.0 Å². The van der Waals surface area contributed by atoms with Crippen molar-refractivity contribution >= 4 is 41.5 Å². The van der Waals surface area contributed by atoms with E-state index in [0.29, 0.717) is 42.8 Å². The zero-order valence-electron chi connectivity index (χ0n) is 16.3. The SMILES string of the molecule is CCN(CC)C(=O)COc1ccc(NC(=O)C(N)C2CCOCC2)cc1Cl.Cl. The zero-order chi connectivity index (χ0) is 19.8. The molecule has 0 aliphatic carbocycles. The Hall–Kier alpha value is -1.54. The van der Waals surface area contributed by atoms with Crippen LogP contribution in [-0.2, 0) is 14.3 Å². The van der Waals surface area contributed by atoms with Crippen molar-refractivity contribution in [2.75, 3.05) is 38.2 Å². The number of nitrogens with two attached hydrogens (primary N) is 1. The molecule has 1 atom stereocenters. The Bertz CT molecular complexity index is 650. The Labute approximate surface area is 177 Å². The van der Waals surface area contributed by atoms with Gasteiger partial charge in [0.15, 0.2) is 6.61 Å². The number of carbonyl (C=O) groups is 2. The van der Waals surface area contributed by atoms with E-state index in [2.05, 4.69) is 5.32 Å². The average Bonchev–Trinajstić information content (AvgIpc) is 2.68. The first-order chi connectivity index (χ1) is 13.0. The molecule has 0 aromatic heterocycles. The van der Waals surface area contributed by atoms with Crippen molar-refractivity contribution < 1.29 is 19.1 Å². The molecule has 2 amide bonds. The minimum atomic E-state index is -0.588. The second-order valence-electron chi connectivity index (χ2n) is 6.46. The summed E-state index contributed by atoms with van der Waals surface area (Å²) in [5.41, 5.74) is 6.61. The predicted octanol–water partition coefficient (Wildman–Crippen LogP) is 2.70. The molecule has 1 fully saturated rings. The van der Waals surface area contributed by atoms with E-state index in [1.54, 1.807) is 23.1 Å². The lowest BCUT2D eigenvalue weighted by Crippen LogP contribution is -2.44. The predicted molar refractivity (Wildman–Crippen MR) is 112 cm³/mol. The van der Waals surface area contributed by atoms with Gasteiger partial charge in [-0.2, -0.15) is 0 Å². The Balaban J connectivity index is 0.00000392. The Morgan fingerprint density at radius 2 is 1.96 bits per heavy atom. The van der Waals surface area contributed by atoms with E-state index in [0.717, 1.165) is 12.8 Å². The normalized spacial score (nSPS) is 15.3. The number of anilines is 1. The first-order valence-corrected chi connectivity index (χ1v) is 9.68. The summed E-state index contributed by atoms with van der Waals surface area (Å²) in [7, 11) is 0. The fraction of sp³-hybridized carbons (Fsp3) is 0.579. The van der Waals surface area contributed by atoms with Crippen molar-refractivity contribution in [1.29, 1.82) is 0 Å². The molecule has 1 aliphatic heterocycles. The molecular weight excluding hydrogens is 405 g/mol. The summed E-state index contributed by atoms with van der Waals surface area (Å²) in [4.78, 5) is 26.0. The maximum absolute atomic E-state index is 12.4. The first-order valence-electron chi connectivity index (χ1n) is 9.30. The van der Waals surface area contributed by atoms with Crippen molar-refractivity contribution in [2.45, 2.75) is 32.7 Å². The van der Waals surface area contributed by atoms with Gasteiger partial charge in [0.2, 0.25) is 5.91 Å². The molecule has 28 heavy (non-hydrogen) atoms. The highest BCUT2D eigenvalue weighted by Crippen LogP contribution is 2.28. The van der Waals surface area contributed by atoms with Crippen molar-refractivity contribution in [2.24, 2.45) is 11.7 Å². The van der Waals surface area contributed by atoms with Gasteiger partial charge in [-0.1, -0.05) is 11.6 Å². The number of rotatable bonds is 8. The fourth-order valence-corrected chi connectivity index (χ4v) is 3.25. The van der Waals surface area contributed by atoms with Crippen LogP contribution in [0.3, 0.4) is 0 Å². The van der Waals surface area contributed by atoms with Gasteiger partial charge in [0.05, 0.1) is 11.1 Å². The Morgan fingerprint density at radius 1 is 1.32 bits per heavy atom. The van der Waals surface area contributed by atoms with E-state index in [4.69, 9.17) is 26.8 Å². The summed E-state index contributed by atoms with van der Waals surface area (Å²) in [6, 6.07) is 4.31. The largest absolute Gasteiger partial charge is 0.482 e. The summed E-state index contributed by atoms with van der Waals surface area (Å²) >= 11 is 6.22. The molecule has 1 saturated heterocycles. The van der Waals surface area contributed by atoms with Crippen LogP contribution in [0, 0.1) is 5.92 Å². The molecule has 1 aromatic carbocycles. The molecular formula is C19H29Cl2N3O4. The Kier molecular flexibility index (Phi) is 10.6. The van der Waals surface area contributed by atoms with Crippen LogP contribution in [0.1, 0.15) is 26.7 Å². The second-order valence-corrected chi connectivity index (χ2v) is 6.87. The maximum atomic E-state index is 12.4. The number of hydrogen-bond donors (Lipinski definition) is 2. The lowest BCUT2D eigenvalue weighted by molar-refractivity contribution is -0.133. The quantitative estimate of drug-likeness (QED) is 0.656. The third-order valence-electron chi connectivity index (χ3n) is 4.74. The fourth-order valence-electron chi connectivity index (χ4n) is 3.02. The van der Waals surface area contributed by atoms with Crippen LogP contribution in [0.15, 0.2) is 18.2 Å². The lowest BCUT2D eigenvalue weighted by Gasteiger charge is -2.26. The number of carbonyl (C=O) groups excluding carboxylic acids is 2. The smallest absolute Gasteiger partial charge is 0.260 e. The summed E-state index contributed by atoms with van der Waals surface area (Å²) in [5.74, 6) is 0.158. The van der Waals surface area contributed by atoms with E-state index in [9.17, 15) is 9.59 Å². The third-order valence-corrected chi connectivity index (χ3v) is 5.04. The highest BCUT2D eigenvalue weighted by Gasteiger charge is 2.26. The number of halogens is 2. The number of ether oxygens (including phenoxy) is 2. The molecule has 2 rings (SSSR count). The second kappa shape index (κ2) is 12.1. The van der Waals surface area contributed by atoms with Crippen LogP contribution < -0.4 is 15.8 Å². The number of hydrogen-bond acceptors (Lipinski definition) is 5. The molecule has 3 N–H and O–H groups in total. The van der Waals surface area contributed by atoms with E-state index in [1.807, 2.05) is 13.8 Å². The van der Waals surface area contributed by atoms with Crippen molar-refractivity contribution in [1.82, 2.24) is 4.90 Å². The number of likely N-dealkylation sites (N-methyl/N-ethyl adjacent to an activating group) is 1. The first kappa shape index (κ1) is 24.5. The standard InChI is InChI=1S/C19H28ClN3O4.ClH/c1-3-23(4-2)17(24)12-27-16-6-5-14(11-15(16)20)22-19(25)18(21)13-7-9-26-10-8-13;/h5-6,11,13,18H,3-4,7-10,12,21H2,1-2H3,(H,22,25);1H. The van der Waals surface area contributed by atoms with Crippen LogP contribution in [0.25, 0.3) is 0 Å². The zero-order valence-corrected chi connectivity index (χ0v) is 17.9. The van der Waals surface area contributed by atoms with Gasteiger partial charge < -0.3 is 25.4 Å². The molecule has 0 spiro atoms. The minimum Gasteiger partial charge on any atom is -0.482 e. The molecule has 0 radical (unpaired) electrons. The molecule has 158 valence electrons. The average molecular weight is 434 g/mol. The van der Waals surface area contributed by atoms with Gasteiger partial charge in [0, 0.05) is 32.0 Å². The highest BCUT2D eigenvalue weighted by molar-refractivity contribution is 6.32. The minimum absolute atomic E-state index is 0. The van der Waals surface area contributed by atoms with E-state index >= 15 is 0 Å². The maximum Gasteiger partial charge on any atom is 0.260 e. The molecule has 1 heterocycles. The van der Waals surface area contributed by atoms with Gasteiger partial charge in [-0.3, -0.25) is 9.59 Å². The van der Waals surface area contributed by atoms with Crippen molar-refractivity contribution in [3.63, 3.8) is 0 Å². The summed E-state index contributed by atoms with van der Waals surface area (Å²) in [6.07, 6.45) is 1.56. The third kappa shape index (κ3) is 6.81. The molecule has 9 heteroatoms. The van der Waals surface area contributed by atoms with E-state index in [-0.39, 0.29) is 36.7 Å². The van der Waals surface area contributed by atoms with Gasteiger partial charge in [0.1, 0.15) is 5.75 Å². The van der Waals surface area contributed by atoms with Crippen LogP contribution in [-0.4, -0.2) is 55.7 Å². The number of nitrogens with one attached hydrogen (secondary N) is 1. The van der Waals surface area contributed by atoms with Crippen molar-refractivity contribution in [3.8, 4) is 5.75 Å². The monoisotopic (exact) mass is 433 g/mol. The van der Waals surface area contributed by atoms with Gasteiger partial charge in [-0.15, -0.1) is 12.4 Å². The molecule has 7 nitrogen and oxygen atoms in total. The van der Waals surface area contributed by atoms with Gasteiger partial charge in [-0.25, -0.2) is 0 Å². The number of benzene rings is 1. The molecule has 0 saturated carbocycles. The summed E-state index contributed by atoms with van der Waals surface area (Å²) < 4.78 is 10.8. The van der Waals surface area contributed by atoms with E-state index < -0.39 is 6.04 Å². The van der Waals surface area contributed by atoms with Gasteiger partial charge >= 0.3 is 0 Å². The van der Waals surface area contributed by atoms with Crippen molar-refractivity contribution in [3.05, 3.63) is 23.2 Å². The molecule has 1 aliphatic rings. The van der Waals surface area contributed by atoms with Gasteiger partial charge in [0.25, 0.3) is 5.91 Å². The topological polar surface area (TPSA) is 93.9 Å². The molecule has 1 aromatic rings. The van der Waals surface area contributed by atoms with Crippen LogP contribution in [0.2, 0.25) is 5.02 Å². The van der Waals surface area contributed by atoms with Crippen LogP contribution in [0.4, 0.5) is 5.69 Å². The molecule has 0 bridgehead atoms. The lowest BCUT2D eigenvalue weighted by atomic mass is 9.92. The highest BCUT2D eigenvalue weighted by atomic mass is 35.5. The summed E-state index contributed by atoms with van der Waals surface area (Å²) in [5, 5.41) is 3.11. The summed E-state index contributed by atoms with van der Waals surface area (Å²) in [6.45, 7) is 6.27. The number of amides is 2. The number of nitrogens with zero attached hydrogens (tertiary/aromatic N) is 1. The van der Waals surface area contributed by atoms with Gasteiger partial charge in [-0.05, 0) is 50.8 Å². The Morgan fingerprint density at radius 3 is 2.54 bits per heavy atom. The van der Waals surface area contributed by atoms with Crippen LogP contribution in [0.5, 0.6) is 5.75 Å².